The molecule has 5 heteroatoms. The van der Waals surface area contributed by atoms with Gasteiger partial charge < -0.3 is 5.32 Å². The predicted octanol–water partition coefficient (Wildman–Crippen LogP) is 4.72. The normalized spacial score (nSPS) is 17.1. The topological polar surface area (TPSA) is 29.1 Å². The zero-order valence-electron chi connectivity index (χ0n) is 12.6. The highest BCUT2D eigenvalue weighted by Crippen LogP contribution is 2.36. The number of hydrogen-bond donors (Lipinski definition) is 1. The minimum atomic E-state index is -0.249. The number of amides is 1. The average Bonchev–Trinajstić information content (AvgIpc) is 2.89. The highest BCUT2D eigenvalue weighted by atomic mass is 32.2. The van der Waals surface area contributed by atoms with Gasteiger partial charge in [0, 0.05) is 15.5 Å². The van der Waals surface area contributed by atoms with Crippen molar-refractivity contribution in [2.75, 3.05) is 5.75 Å². The minimum absolute atomic E-state index is 0.0556. The molecule has 3 rings (SSSR count). The van der Waals surface area contributed by atoms with E-state index in [1.807, 2.05) is 13.0 Å². The fraction of sp³-hybridized carbons (Fsp3) is 0.353. The molecule has 116 valence electrons. The summed E-state index contributed by atoms with van der Waals surface area (Å²) in [6, 6.07) is 6.67. The number of thiophene rings is 1. The van der Waals surface area contributed by atoms with E-state index in [0.717, 1.165) is 33.9 Å². The molecule has 1 atom stereocenters. The lowest BCUT2D eigenvalue weighted by atomic mass is 10.0. The third kappa shape index (κ3) is 3.06. The van der Waals surface area contributed by atoms with E-state index in [9.17, 15) is 9.18 Å². The van der Waals surface area contributed by atoms with Crippen LogP contribution in [0, 0.1) is 12.7 Å². The number of fused-ring (bicyclic) bond motifs is 1. The monoisotopic (exact) mass is 335 g/mol. The van der Waals surface area contributed by atoms with Crippen molar-refractivity contribution in [3.05, 3.63) is 51.0 Å². The van der Waals surface area contributed by atoms with Crippen molar-refractivity contribution in [2.45, 2.75) is 37.6 Å². The smallest absolute Gasteiger partial charge is 0.261 e. The van der Waals surface area contributed by atoms with E-state index < -0.39 is 0 Å². The van der Waals surface area contributed by atoms with Gasteiger partial charge in [0.05, 0.1) is 10.9 Å². The molecule has 1 aliphatic rings. The average molecular weight is 335 g/mol. The summed E-state index contributed by atoms with van der Waals surface area (Å²) in [6.07, 6.45) is 1.77. The second kappa shape index (κ2) is 6.42. The van der Waals surface area contributed by atoms with Gasteiger partial charge in [-0.3, -0.25) is 4.79 Å². The Morgan fingerprint density at radius 3 is 2.95 bits per heavy atom. The van der Waals surface area contributed by atoms with Crippen LogP contribution in [0.4, 0.5) is 4.39 Å². The van der Waals surface area contributed by atoms with Crippen LogP contribution in [0.15, 0.2) is 29.2 Å². The maximum atomic E-state index is 13.5. The molecule has 0 spiro atoms. The number of nitrogens with one attached hydrogen (secondary N) is 1. The number of hydrogen-bond acceptors (Lipinski definition) is 3. The summed E-state index contributed by atoms with van der Waals surface area (Å²) in [7, 11) is 0. The first-order chi connectivity index (χ1) is 10.6. The molecule has 0 radical (unpaired) electrons. The highest BCUT2D eigenvalue weighted by Gasteiger charge is 2.24. The fourth-order valence-electron chi connectivity index (χ4n) is 2.73. The molecule has 1 aromatic heterocycles. The van der Waals surface area contributed by atoms with E-state index in [-0.39, 0.29) is 17.8 Å². The Bertz CT molecular complexity index is 711. The van der Waals surface area contributed by atoms with Crippen LogP contribution in [-0.2, 0) is 6.42 Å². The van der Waals surface area contributed by atoms with Crippen molar-refractivity contribution in [3.63, 3.8) is 0 Å². The quantitative estimate of drug-likeness (QED) is 0.879. The molecule has 22 heavy (non-hydrogen) atoms. The molecule has 2 nitrogen and oxygen atoms in total. The molecule has 2 aromatic rings. The van der Waals surface area contributed by atoms with Gasteiger partial charge in [0.15, 0.2) is 0 Å². The van der Waals surface area contributed by atoms with Gasteiger partial charge in [0.25, 0.3) is 5.91 Å². The summed E-state index contributed by atoms with van der Waals surface area (Å²) in [5.41, 5.74) is 2.07. The number of halogens is 1. The molecule has 2 heterocycles. The third-order valence-electron chi connectivity index (χ3n) is 3.88. The van der Waals surface area contributed by atoms with E-state index in [1.54, 1.807) is 35.2 Å². The maximum absolute atomic E-state index is 13.5. The lowest BCUT2D eigenvalue weighted by molar-refractivity contribution is 0.0939. The molecule has 1 N–H and O–H groups in total. The van der Waals surface area contributed by atoms with E-state index in [4.69, 9.17) is 0 Å². The Morgan fingerprint density at radius 1 is 1.41 bits per heavy atom. The molecule has 1 aliphatic heterocycles. The standard InChI is InChI=1S/C17H18FNOS2/c1-3-14-10(2)8-16(22-14)17(20)19-13-6-7-21-15-5-4-11(18)9-12(13)15/h4-5,8-9,13H,3,6-7H2,1-2H3,(H,19,20). The van der Waals surface area contributed by atoms with Crippen LogP contribution in [0.25, 0.3) is 0 Å². The van der Waals surface area contributed by atoms with Gasteiger partial charge in [0.1, 0.15) is 5.82 Å². The van der Waals surface area contributed by atoms with Crippen molar-refractivity contribution in [3.8, 4) is 0 Å². The van der Waals surface area contributed by atoms with Gasteiger partial charge in [-0.05, 0) is 55.2 Å². The van der Waals surface area contributed by atoms with Crippen molar-refractivity contribution in [1.29, 1.82) is 0 Å². The summed E-state index contributed by atoms with van der Waals surface area (Å²) in [5, 5.41) is 3.07. The minimum Gasteiger partial charge on any atom is -0.344 e. The highest BCUT2D eigenvalue weighted by molar-refractivity contribution is 7.99. The number of aryl methyl sites for hydroxylation is 2. The summed E-state index contributed by atoms with van der Waals surface area (Å²) in [5.74, 6) is 0.633. The predicted molar refractivity (Wildman–Crippen MR) is 90.4 cm³/mol. The third-order valence-corrected chi connectivity index (χ3v) is 6.38. The summed E-state index contributed by atoms with van der Waals surface area (Å²) in [4.78, 5) is 15.5. The Balaban J connectivity index is 1.82. The molecule has 0 aliphatic carbocycles. The first-order valence-corrected chi connectivity index (χ1v) is 9.21. The van der Waals surface area contributed by atoms with E-state index in [0.29, 0.717) is 0 Å². The number of carbonyl (C=O) groups excluding carboxylic acids is 1. The molecule has 1 aromatic carbocycles. The molecule has 0 saturated carbocycles. The van der Waals surface area contributed by atoms with Crippen LogP contribution in [0.3, 0.4) is 0 Å². The second-order valence-corrected chi connectivity index (χ2v) is 7.69. The van der Waals surface area contributed by atoms with Crippen LogP contribution in [0.2, 0.25) is 0 Å². The van der Waals surface area contributed by atoms with Crippen LogP contribution >= 0.6 is 23.1 Å². The van der Waals surface area contributed by atoms with Crippen molar-refractivity contribution >= 4 is 29.0 Å². The van der Waals surface area contributed by atoms with E-state index >= 15 is 0 Å². The number of rotatable bonds is 3. The Labute approximate surface area is 138 Å². The first-order valence-electron chi connectivity index (χ1n) is 7.41. The molecule has 1 unspecified atom stereocenters. The van der Waals surface area contributed by atoms with Crippen LogP contribution < -0.4 is 5.32 Å². The van der Waals surface area contributed by atoms with Crippen LogP contribution in [-0.4, -0.2) is 11.7 Å². The number of carbonyl (C=O) groups is 1. The van der Waals surface area contributed by atoms with Crippen molar-refractivity contribution in [2.24, 2.45) is 0 Å². The first kappa shape index (κ1) is 15.6. The lowest BCUT2D eigenvalue weighted by Crippen LogP contribution is -2.30. The van der Waals surface area contributed by atoms with Gasteiger partial charge in [-0.15, -0.1) is 23.1 Å². The zero-order valence-corrected chi connectivity index (χ0v) is 14.2. The van der Waals surface area contributed by atoms with E-state index in [1.165, 1.54) is 16.5 Å². The second-order valence-electron chi connectivity index (χ2n) is 5.42. The van der Waals surface area contributed by atoms with Gasteiger partial charge in [-0.2, -0.15) is 0 Å². The van der Waals surface area contributed by atoms with Crippen LogP contribution in [0.5, 0.6) is 0 Å². The summed E-state index contributed by atoms with van der Waals surface area (Å²) < 4.78 is 13.5. The van der Waals surface area contributed by atoms with Gasteiger partial charge >= 0.3 is 0 Å². The summed E-state index contributed by atoms with van der Waals surface area (Å²) in [6.45, 7) is 4.13. The molecule has 1 amide bonds. The Morgan fingerprint density at radius 2 is 2.23 bits per heavy atom. The Hall–Kier alpha value is -1.33. The molecule has 0 saturated heterocycles. The molecular weight excluding hydrogens is 317 g/mol. The Kier molecular flexibility index (Phi) is 4.54. The van der Waals surface area contributed by atoms with Crippen LogP contribution in [0.1, 0.15) is 45.1 Å². The van der Waals surface area contributed by atoms with Gasteiger partial charge in [0.2, 0.25) is 0 Å². The van der Waals surface area contributed by atoms with Gasteiger partial charge in [-0.25, -0.2) is 4.39 Å². The molecule has 0 fully saturated rings. The zero-order chi connectivity index (χ0) is 15.7. The lowest BCUT2D eigenvalue weighted by Gasteiger charge is -2.25. The summed E-state index contributed by atoms with van der Waals surface area (Å²) >= 11 is 3.27. The SMILES string of the molecule is CCc1sc(C(=O)NC2CCSc3ccc(F)cc32)cc1C. The molecule has 0 bridgehead atoms. The largest absolute Gasteiger partial charge is 0.344 e. The van der Waals surface area contributed by atoms with E-state index in [2.05, 4.69) is 12.2 Å². The molecular formula is C17H18FNOS2. The van der Waals surface area contributed by atoms with Crippen molar-refractivity contribution < 1.29 is 9.18 Å². The maximum Gasteiger partial charge on any atom is 0.261 e. The number of thioether (sulfide) groups is 1. The van der Waals surface area contributed by atoms with Crippen molar-refractivity contribution in [1.82, 2.24) is 5.32 Å². The fourth-order valence-corrected chi connectivity index (χ4v) is 4.85. The number of benzene rings is 1. The van der Waals surface area contributed by atoms with Gasteiger partial charge in [-0.1, -0.05) is 6.92 Å².